The SMILES string of the molecule is CC1(c2ccc(Cl)cc2)NC(=O)N(Cc2cc(-c3ccccc3)no2)C1=O. The average Bonchev–Trinajstić information content (AvgIpc) is 3.22. The van der Waals surface area contributed by atoms with E-state index >= 15 is 0 Å². The number of hydrogen-bond acceptors (Lipinski definition) is 4. The number of halogens is 1. The summed E-state index contributed by atoms with van der Waals surface area (Å²) in [6.07, 6.45) is 0. The van der Waals surface area contributed by atoms with Crippen molar-refractivity contribution < 1.29 is 14.1 Å². The van der Waals surface area contributed by atoms with E-state index in [1.807, 2.05) is 30.3 Å². The van der Waals surface area contributed by atoms with Crippen LogP contribution in [-0.4, -0.2) is 22.0 Å². The molecule has 1 unspecified atom stereocenters. The van der Waals surface area contributed by atoms with Crippen LogP contribution in [0.2, 0.25) is 5.02 Å². The van der Waals surface area contributed by atoms with Crippen LogP contribution in [0.3, 0.4) is 0 Å². The van der Waals surface area contributed by atoms with E-state index in [1.54, 1.807) is 37.3 Å². The van der Waals surface area contributed by atoms with Crippen LogP contribution in [0.1, 0.15) is 18.2 Å². The van der Waals surface area contributed by atoms with E-state index in [0.29, 0.717) is 22.0 Å². The zero-order chi connectivity index (χ0) is 19.0. The van der Waals surface area contributed by atoms with Gasteiger partial charge in [0.1, 0.15) is 11.2 Å². The Labute approximate surface area is 160 Å². The minimum absolute atomic E-state index is 0.00762. The molecule has 0 aliphatic carbocycles. The number of nitrogens with zero attached hydrogens (tertiary/aromatic N) is 2. The monoisotopic (exact) mass is 381 g/mol. The molecular formula is C20H16ClN3O3. The lowest BCUT2D eigenvalue weighted by Crippen LogP contribution is -2.40. The summed E-state index contributed by atoms with van der Waals surface area (Å²) in [5.41, 5.74) is 1.06. The van der Waals surface area contributed by atoms with Crippen molar-refractivity contribution in [2.24, 2.45) is 0 Å². The second-order valence-electron chi connectivity index (χ2n) is 6.50. The number of carbonyl (C=O) groups excluding carboxylic acids is 2. The summed E-state index contributed by atoms with van der Waals surface area (Å²) >= 11 is 5.92. The lowest BCUT2D eigenvalue weighted by Gasteiger charge is -2.22. The van der Waals surface area contributed by atoms with Crippen molar-refractivity contribution in [3.63, 3.8) is 0 Å². The number of benzene rings is 2. The number of aromatic nitrogens is 1. The summed E-state index contributed by atoms with van der Waals surface area (Å²) in [5, 5.41) is 7.34. The smallest absolute Gasteiger partial charge is 0.325 e. The van der Waals surface area contributed by atoms with Crippen molar-refractivity contribution in [1.82, 2.24) is 15.4 Å². The van der Waals surface area contributed by atoms with Crippen LogP contribution in [0.15, 0.2) is 65.2 Å². The molecule has 6 nitrogen and oxygen atoms in total. The Balaban J connectivity index is 1.56. The van der Waals surface area contributed by atoms with Crippen LogP contribution in [0.25, 0.3) is 11.3 Å². The molecule has 27 heavy (non-hydrogen) atoms. The molecule has 1 aliphatic rings. The van der Waals surface area contributed by atoms with Crippen LogP contribution < -0.4 is 5.32 Å². The number of imide groups is 1. The minimum atomic E-state index is -1.15. The molecule has 1 saturated heterocycles. The molecule has 2 heterocycles. The Kier molecular flexibility index (Phi) is 4.20. The maximum Gasteiger partial charge on any atom is 0.325 e. The van der Waals surface area contributed by atoms with Crippen LogP contribution in [-0.2, 0) is 16.9 Å². The van der Waals surface area contributed by atoms with Crippen LogP contribution in [0, 0.1) is 0 Å². The maximum atomic E-state index is 13.0. The molecule has 2 aromatic carbocycles. The number of carbonyl (C=O) groups is 2. The van der Waals surface area contributed by atoms with Gasteiger partial charge in [0.25, 0.3) is 5.91 Å². The zero-order valence-electron chi connectivity index (χ0n) is 14.5. The molecule has 3 aromatic rings. The molecule has 1 N–H and O–H groups in total. The maximum absolute atomic E-state index is 13.0. The van der Waals surface area contributed by atoms with Gasteiger partial charge in [0.2, 0.25) is 0 Å². The van der Waals surface area contributed by atoms with Crippen molar-refractivity contribution in [2.45, 2.75) is 19.0 Å². The fourth-order valence-electron chi connectivity index (χ4n) is 3.11. The summed E-state index contributed by atoms with van der Waals surface area (Å²) in [6.45, 7) is 1.68. The van der Waals surface area contributed by atoms with Gasteiger partial charge < -0.3 is 9.84 Å². The molecule has 4 rings (SSSR count). The first kappa shape index (κ1) is 17.3. The van der Waals surface area contributed by atoms with Crippen molar-refractivity contribution in [3.05, 3.63) is 77.0 Å². The highest BCUT2D eigenvalue weighted by atomic mass is 35.5. The van der Waals surface area contributed by atoms with Crippen molar-refractivity contribution >= 4 is 23.5 Å². The van der Waals surface area contributed by atoms with E-state index in [0.717, 1.165) is 10.5 Å². The quantitative estimate of drug-likeness (QED) is 0.694. The Morgan fingerprint density at radius 3 is 2.52 bits per heavy atom. The molecule has 1 atom stereocenters. The highest BCUT2D eigenvalue weighted by Crippen LogP contribution is 2.31. The highest BCUT2D eigenvalue weighted by molar-refractivity contribution is 6.30. The van der Waals surface area contributed by atoms with Gasteiger partial charge in [0.15, 0.2) is 5.76 Å². The fourth-order valence-corrected chi connectivity index (χ4v) is 3.23. The number of rotatable bonds is 4. The molecule has 136 valence electrons. The van der Waals surface area contributed by atoms with Crippen molar-refractivity contribution in [2.75, 3.05) is 0 Å². The number of nitrogens with one attached hydrogen (secondary N) is 1. The van der Waals surface area contributed by atoms with Crippen molar-refractivity contribution in [3.8, 4) is 11.3 Å². The van der Waals surface area contributed by atoms with Gasteiger partial charge in [0, 0.05) is 16.7 Å². The minimum Gasteiger partial charge on any atom is -0.359 e. The third-order valence-electron chi connectivity index (χ3n) is 4.64. The predicted octanol–water partition coefficient (Wildman–Crippen LogP) is 3.96. The van der Waals surface area contributed by atoms with E-state index < -0.39 is 11.6 Å². The molecular weight excluding hydrogens is 366 g/mol. The summed E-state index contributed by atoms with van der Waals surface area (Å²) in [5.74, 6) is 0.0743. The molecule has 0 bridgehead atoms. The molecule has 0 saturated carbocycles. The molecule has 1 aliphatic heterocycles. The standard InChI is InChI=1S/C20H16ClN3O3/c1-20(14-7-9-15(21)10-8-14)18(25)24(19(26)22-20)12-16-11-17(23-27-16)13-5-3-2-4-6-13/h2-11H,12H2,1H3,(H,22,26). The van der Waals surface area contributed by atoms with Crippen LogP contribution in [0.4, 0.5) is 4.79 Å². The van der Waals surface area contributed by atoms with Gasteiger partial charge in [-0.3, -0.25) is 9.69 Å². The predicted molar refractivity (Wildman–Crippen MR) is 99.8 cm³/mol. The van der Waals surface area contributed by atoms with E-state index in [9.17, 15) is 9.59 Å². The average molecular weight is 382 g/mol. The van der Waals surface area contributed by atoms with Gasteiger partial charge in [-0.25, -0.2) is 4.79 Å². The summed E-state index contributed by atoms with van der Waals surface area (Å²) in [6, 6.07) is 17.6. The molecule has 3 amide bonds. The van der Waals surface area contributed by atoms with Gasteiger partial charge >= 0.3 is 6.03 Å². The number of hydrogen-bond donors (Lipinski definition) is 1. The Hall–Kier alpha value is -3.12. The fraction of sp³-hybridized carbons (Fsp3) is 0.150. The summed E-state index contributed by atoms with van der Waals surface area (Å²) in [4.78, 5) is 26.5. The lowest BCUT2D eigenvalue weighted by atomic mass is 9.92. The van der Waals surface area contributed by atoms with E-state index in [-0.39, 0.29) is 12.5 Å². The topological polar surface area (TPSA) is 75.4 Å². The van der Waals surface area contributed by atoms with E-state index in [1.165, 1.54) is 0 Å². The zero-order valence-corrected chi connectivity index (χ0v) is 15.2. The van der Waals surface area contributed by atoms with Gasteiger partial charge in [-0.2, -0.15) is 0 Å². The van der Waals surface area contributed by atoms with Gasteiger partial charge in [0.05, 0.1) is 6.54 Å². The van der Waals surface area contributed by atoms with Crippen LogP contribution >= 0.6 is 11.6 Å². The van der Waals surface area contributed by atoms with Gasteiger partial charge in [-0.1, -0.05) is 59.2 Å². The molecule has 7 heteroatoms. The Morgan fingerprint density at radius 2 is 1.81 bits per heavy atom. The molecule has 0 spiro atoms. The second-order valence-corrected chi connectivity index (χ2v) is 6.93. The summed E-state index contributed by atoms with van der Waals surface area (Å²) < 4.78 is 5.33. The number of amides is 3. The van der Waals surface area contributed by atoms with E-state index in [4.69, 9.17) is 16.1 Å². The van der Waals surface area contributed by atoms with Crippen molar-refractivity contribution in [1.29, 1.82) is 0 Å². The largest absolute Gasteiger partial charge is 0.359 e. The number of urea groups is 1. The molecule has 1 aromatic heterocycles. The molecule has 0 radical (unpaired) electrons. The normalized spacial score (nSPS) is 19.4. The first-order chi connectivity index (χ1) is 13.0. The third kappa shape index (κ3) is 3.08. The first-order valence-corrected chi connectivity index (χ1v) is 8.76. The first-order valence-electron chi connectivity index (χ1n) is 8.38. The highest BCUT2D eigenvalue weighted by Gasteiger charge is 2.49. The van der Waals surface area contributed by atoms with Gasteiger partial charge in [-0.15, -0.1) is 0 Å². The second kappa shape index (κ2) is 6.55. The summed E-state index contributed by atoms with van der Waals surface area (Å²) in [7, 11) is 0. The lowest BCUT2D eigenvalue weighted by molar-refractivity contribution is -0.131. The Morgan fingerprint density at radius 1 is 1.11 bits per heavy atom. The Bertz CT molecular complexity index is 1000. The van der Waals surface area contributed by atoms with E-state index in [2.05, 4.69) is 10.5 Å². The van der Waals surface area contributed by atoms with Gasteiger partial charge in [-0.05, 0) is 24.6 Å². The third-order valence-corrected chi connectivity index (χ3v) is 4.89. The van der Waals surface area contributed by atoms with Crippen LogP contribution in [0.5, 0.6) is 0 Å². The molecule has 1 fully saturated rings.